The van der Waals surface area contributed by atoms with Crippen molar-refractivity contribution >= 4 is 22.0 Å². The molecule has 1 heterocycles. The van der Waals surface area contributed by atoms with Crippen LogP contribution in [-0.2, 0) is 10.0 Å². The van der Waals surface area contributed by atoms with Gasteiger partial charge < -0.3 is 4.74 Å². The Balaban J connectivity index is 2.33. The summed E-state index contributed by atoms with van der Waals surface area (Å²) in [6.45, 7) is 0. The zero-order chi connectivity index (χ0) is 12.5. The Hall–Kier alpha value is -1.63. The van der Waals surface area contributed by atoms with Crippen molar-refractivity contribution in [2.24, 2.45) is 0 Å². The summed E-state index contributed by atoms with van der Waals surface area (Å²) in [7, 11) is -3.44. The van der Waals surface area contributed by atoms with E-state index >= 15 is 0 Å². The number of nitrogens with zero attached hydrogens (tertiary/aromatic N) is 1. The zero-order valence-corrected chi connectivity index (χ0v) is 10.0. The molecule has 0 saturated heterocycles. The van der Waals surface area contributed by atoms with E-state index in [-0.39, 0.29) is 17.4 Å². The van der Waals surface area contributed by atoms with Gasteiger partial charge in [-0.05, 0) is 12.8 Å². The van der Waals surface area contributed by atoms with Gasteiger partial charge in [0.1, 0.15) is 0 Å². The molecule has 6 nitrogen and oxygen atoms in total. The quantitative estimate of drug-likeness (QED) is 0.788. The topological polar surface area (TPSA) is 85.4 Å². The molecule has 17 heavy (non-hydrogen) atoms. The van der Waals surface area contributed by atoms with Crippen molar-refractivity contribution in [2.75, 3.05) is 11.0 Å². The average molecular weight is 256 g/mol. The summed E-state index contributed by atoms with van der Waals surface area (Å²) < 4.78 is 29.9. The monoisotopic (exact) mass is 256 g/mol. The van der Waals surface area contributed by atoms with E-state index in [4.69, 9.17) is 4.74 Å². The number of aromatic nitrogens is 1. The molecule has 0 unspecified atom stereocenters. The first kappa shape index (κ1) is 11.8. The molecule has 7 heteroatoms. The zero-order valence-electron chi connectivity index (χ0n) is 9.21. The van der Waals surface area contributed by atoms with Crippen molar-refractivity contribution in [3.63, 3.8) is 0 Å². The summed E-state index contributed by atoms with van der Waals surface area (Å²) in [6.07, 6.45) is 6.27. The number of sulfonamides is 1. The maximum absolute atomic E-state index is 11.1. The van der Waals surface area contributed by atoms with E-state index in [1.54, 1.807) is 0 Å². The summed E-state index contributed by atoms with van der Waals surface area (Å²) in [5.41, 5.74) is 0.318. The van der Waals surface area contributed by atoms with Crippen LogP contribution < -0.4 is 9.46 Å². The fourth-order valence-corrected chi connectivity index (χ4v) is 1.88. The molecule has 0 radical (unpaired) electrons. The Morgan fingerprint density at radius 1 is 1.47 bits per heavy atom. The van der Waals surface area contributed by atoms with E-state index in [1.807, 2.05) is 0 Å². The molecule has 0 aliphatic heterocycles. The summed E-state index contributed by atoms with van der Waals surface area (Å²) >= 11 is 0. The molecule has 0 spiro atoms. The molecule has 0 bridgehead atoms. The highest BCUT2D eigenvalue weighted by atomic mass is 32.2. The second-order valence-corrected chi connectivity index (χ2v) is 5.66. The van der Waals surface area contributed by atoms with Crippen molar-refractivity contribution in [1.29, 1.82) is 0 Å². The Morgan fingerprint density at radius 3 is 2.71 bits per heavy atom. The van der Waals surface area contributed by atoms with E-state index in [9.17, 15) is 13.2 Å². The van der Waals surface area contributed by atoms with Crippen LogP contribution in [-0.4, -0.2) is 32.0 Å². The molecule has 1 aliphatic rings. The normalized spacial score (nSPS) is 15.4. The fraction of sp³-hybridized carbons (Fsp3) is 0.400. The molecular weight excluding hydrogens is 244 g/mol. The second-order valence-electron chi connectivity index (χ2n) is 3.91. The van der Waals surface area contributed by atoms with Gasteiger partial charge in [0.05, 0.1) is 36.0 Å². The van der Waals surface area contributed by atoms with Crippen molar-refractivity contribution in [3.05, 3.63) is 18.0 Å². The summed E-state index contributed by atoms with van der Waals surface area (Å²) in [6, 6.07) is 0. The van der Waals surface area contributed by atoms with Crippen molar-refractivity contribution in [1.82, 2.24) is 4.98 Å². The van der Waals surface area contributed by atoms with Gasteiger partial charge in [-0.25, -0.2) is 8.42 Å². The van der Waals surface area contributed by atoms with Crippen LogP contribution in [0.5, 0.6) is 5.75 Å². The number of nitrogens with one attached hydrogen (secondary N) is 1. The van der Waals surface area contributed by atoms with Crippen molar-refractivity contribution < 1.29 is 17.9 Å². The second kappa shape index (κ2) is 4.33. The lowest BCUT2D eigenvalue weighted by molar-refractivity contribution is 0.112. The molecular formula is C10H12N2O4S. The van der Waals surface area contributed by atoms with Gasteiger partial charge in [0, 0.05) is 0 Å². The highest BCUT2D eigenvalue weighted by Crippen LogP contribution is 2.31. The van der Waals surface area contributed by atoms with Gasteiger partial charge in [-0.3, -0.25) is 14.5 Å². The van der Waals surface area contributed by atoms with Crippen molar-refractivity contribution in [3.8, 4) is 5.75 Å². The Bertz CT molecular complexity index is 537. The largest absolute Gasteiger partial charge is 0.488 e. The van der Waals surface area contributed by atoms with E-state index < -0.39 is 10.0 Å². The van der Waals surface area contributed by atoms with Crippen LogP contribution in [0.15, 0.2) is 12.4 Å². The van der Waals surface area contributed by atoms with Gasteiger partial charge in [0.2, 0.25) is 10.0 Å². The molecule has 1 aromatic heterocycles. The highest BCUT2D eigenvalue weighted by Gasteiger charge is 2.25. The number of hydrogen-bond donors (Lipinski definition) is 1. The molecule has 1 aliphatic carbocycles. The Kier molecular flexibility index (Phi) is 3.01. The molecule has 92 valence electrons. The summed E-state index contributed by atoms with van der Waals surface area (Å²) in [5, 5.41) is 0. The first-order valence-electron chi connectivity index (χ1n) is 5.07. The van der Waals surface area contributed by atoms with Crippen LogP contribution in [0.1, 0.15) is 23.2 Å². The minimum absolute atomic E-state index is 0.115. The predicted molar refractivity (Wildman–Crippen MR) is 61.7 cm³/mol. The SMILES string of the molecule is CS(=O)(=O)Nc1cncc(OC2CC2)c1C=O. The molecule has 0 atom stereocenters. The molecule has 2 rings (SSSR count). The minimum atomic E-state index is -3.44. The average Bonchev–Trinajstić information content (AvgIpc) is 2.99. The van der Waals surface area contributed by atoms with E-state index in [0.717, 1.165) is 19.1 Å². The lowest BCUT2D eigenvalue weighted by Gasteiger charge is -2.11. The number of pyridine rings is 1. The predicted octanol–water partition coefficient (Wildman–Crippen LogP) is 0.807. The maximum Gasteiger partial charge on any atom is 0.229 e. The van der Waals surface area contributed by atoms with Crippen LogP contribution in [0, 0.1) is 0 Å². The van der Waals surface area contributed by atoms with Gasteiger partial charge in [-0.15, -0.1) is 0 Å². The van der Waals surface area contributed by atoms with Crippen LogP contribution in [0.2, 0.25) is 0 Å². The fourth-order valence-electron chi connectivity index (χ4n) is 1.31. The van der Waals surface area contributed by atoms with E-state index in [0.29, 0.717) is 12.0 Å². The number of ether oxygens (including phenoxy) is 1. The highest BCUT2D eigenvalue weighted by molar-refractivity contribution is 7.92. The first-order chi connectivity index (χ1) is 7.99. The number of hydrogen-bond acceptors (Lipinski definition) is 5. The standard InChI is InChI=1S/C10H12N2O4S/c1-17(14,15)12-9-4-11-5-10(8(9)6-13)16-7-2-3-7/h4-7,12H,2-3H2,1H3. The maximum atomic E-state index is 11.1. The van der Waals surface area contributed by atoms with Gasteiger partial charge in [-0.2, -0.15) is 0 Å². The number of rotatable bonds is 5. The Morgan fingerprint density at radius 2 is 2.18 bits per heavy atom. The number of carbonyl (C=O) groups is 1. The number of aldehydes is 1. The number of anilines is 1. The molecule has 0 aromatic carbocycles. The number of carbonyl (C=O) groups excluding carboxylic acids is 1. The van der Waals surface area contributed by atoms with Crippen LogP contribution in [0.25, 0.3) is 0 Å². The van der Waals surface area contributed by atoms with Gasteiger partial charge in [0.25, 0.3) is 0 Å². The van der Waals surface area contributed by atoms with Gasteiger partial charge in [-0.1, -0.05) is 0 Å². The molecule has 1 aromatic rings. The van der Waals surface area contributed by atoms with E-state index in [2.05, 4.69) is 9.71 Å². The van der Waals surface area contributed by atoms with Gasteiger partial charge in [0.15, 0.2) is 12.0 Å². The van der Waals surface area contributed by atoms with Crippen molar-refractivity contribution in [2.45, 2.75) is 18.9 Å². The van der Waals surface area contributed by atoms with Gasteiger partial charge >= 0.3 is 0 Å². The molecule has 0 amide bonds. The third-order valence-corrected chi connectivity index (χ3v) is 2.77. The smallest absolute Gasteiger partial charge is 0.229 e. The van der Waals surface area contributed by atoms with Crippen LogP contribution in [0.4, 0.5) is 5.69 Å². The lowest BCUT2D eigenvalue weighted by atomic mass is 10.2. The summed E-state index contributed by atoms with van der Waals surface area (Å²) in [4.78, 5) is 14.8. The third kappa shape index (κ3) is 3.16. The minimum Gasteiger partial charge on any atom is -0.488 e. The third-order valence-electron chi connectivity index (χ3n) is 2.18. The first-order valence-corrected chi connectivity index (χ1v) is 6.96. The molecule has 1 fully saturated rings. The van der Waals surface area contributed by atoms with Crippen LogP contribution in [0.3, 0.4) is 0 Å². The van der Waals surface area contributed by atoms with Crippen LogP contribution >= 0.6 is 0 Å². The molecule has 1 N–H and O–H groups in total. The lowest BCUT2D eigenvalue weighted by Crippen LogP contribution is -2.12. The summed E-state index contributed by atoms with van der Waals surface area (Å²) in [5.74, 6) is 0.316. The molecule has 1 saturated carbocycles. The Labute approximate surface area is 99.1 Å². The van der Waals surface area contributed by atoms with E-state index in [1.165, 1.54) is 12.4 Å².